The molecule has 1 atom stereocenters. The van der Waals surface area contributed by atoms with Crippen LogP contribution in [0, 0.1) is 0 Å². The van der Waals surface area contributed by atoms with Crippen molar-refractivity contribution >= 4 is 10.0 Å². The third kappa shape index (κ3) is 3.47. The Morgan fingerprint density at radius 2 is 1.86 bits per heavy atom. The fourth-order valence-corrected chi connectivity index (χ4v) is 4.44. The quantitative estimate of drug-likeness (QED) is 0.929. The summed E-state index contributed by atoms with van der Waals surface area (Å²) in [7, 11) is -3.40. The first-order valence-electron chi connectivity index (χ1n) is 7.60. The van der Waals surface area contributed by atoms with Crippen molar-refractivity contribution in [1.29, 1.82) is 0 Å². The smallest absolute Gasteiger partial charge is 0.243 e. The normalized spacial score (nSPS) is 20.1. The molecule has 1 heterocycles. The molecule has 1 unspecified atom stereocenters. The summed E-state index contributed by atoms with van der Waals surface area (Å²) >= 11 is 0. The fourth-order valence-electron chi connectivity index (χ4n) is 2.77. The lowest BCUT2D eigenvalue weighted by molar-refractivity contribution is 0.348. The van der Waals surface area contributed by atoms with Gasteiger partial charge in [-0.1, -0.05) is 39.8 Å². The molecule has 1 aromatic carbocycles. The third-order valence-corrected chi connectivity index (χ3v) is 6.12. The molecule has 1 aliphatic heterocycles. The highest BCUT2D eigenvalue weighted by Crippen LogP contribution is 2.26. The van der Waals surface area contributed by atoms with E-state index in [9.17, 15) is 8.42 Å². The van der Waals surface area contributed by atoms with Crippen molar-refractivity contribution in [2.75, 3.05) is 19.6 Å². The van der Waals surface area contributed by atoms with Gasteiger partial charge in [-0.15, -0.1) is 0 Å². The van der Waals surface area contributed by atoms with Crippen LogP contribution in [0.15, 0.2) is 29.2 Å². The molecular formula is C16H26N2O2S. The molecule has 0 spiro atoms. The first kappa shape index (κ1) is 16.5. The van der Waals surface area contributed by atoms with Crippen molar-refractivity contribution in [3.8, 4) is 0 Å². The van der Waals surface area contributed by atoms with Crippen LogP contribution in [0.3, 0.4) is 0 Å². The SMILES string of the molecule is CCN(C1CCNC1)S(=O)(=O)c1ccc(C(C)(C)C)cc1. The van der Waals surface area contributed by atoms with Gasteiger partial charge in [-0.3, -0.25) is 0 Å². The van der Waals surface area contributed by atoms with E-state index in [-0.39, 0.29) is 11.5 Å². The highest BCUT2D eigenvalue weighted by atomic mass is 32.2. The van der Waals surface area contributed by atoms with Gasteiger partial charge >= 0.3 is 0 Å². The number of likely N-dealkylation sites (N-methyl/N-ethyl adjacent to an activating group) is 1. The average Bonchev–Trinajstić information content (AvgIpc) is 2.92. The Kier molecular flexibility index (Phi) is 4.76. The number of hydrogen-bond acceptors (Lipinski definition) is 3. The van der Waals surface area contributed by atoms with Gasteiger partial charge in [0.25, 0.3) is 0 Å². The van der Waals surface area contributed by atoms with Crippen molar-refractivity contribution in [1.82, 2.24) is 9.62 Å². The van der Waals surface area contributed by atoms with E-state index in [1.54, 1.807) is 16.4 Å². The van der Waals surface area contributed by atoms with Crippen LogP contribution in [-0.4, -0.2) is 38.4 Å². The molecule has 0 bridgehead atoms. The van der Waals surface area contributed by atoms with Gasteiger partial charge in [0, 0.05) is 19.1 Å². The van der Waals surface area contributed by atoms with Gasteiger partial charge in [0.05, 0.1) is 4.90 Å². The van der Waals surface area contributed by atoms with E-state index < -0.39 is 10.0 Å². The van der Waals surface area contributed by atoms with Gasteiger partial charge in [0.1, 0.15) is 0 Å². The minimum absolute atomic E-state index is 0.0299. The summed E-state index contributed by atoms with van der Waals surface area (Å²) in [5.41, 5.74) is 1.18. The molecule has 0 saturated carbocycles. The zero-order valence-electron chi connectivity index (χ0n) is 13.4. The lowest BCUT2D eigenvalue weighted by atomic mass is 9.87. The number of benzene rings is 1. The molecule has 1 saturated heterocycles. The Bertz CT molecular complexity index is 567. The molecule has 118 valence electrons. The number of rotatable bonds is 4. The molecule has 21 heavy (non-hydrogen) atoms. The average molecular weight is 310 g/mol. The highest BCUT2D eigenvalue weighted by molar-refractivity contribution is 7.89. The predicted molar refractivity (Wildman–Crippen MR) is 86.0 cm³/mol. The van der Waals surface area contributed by atoms with E-state index in [2.05, 4.69) is 26.1 Å². The predicted octanol–water partition coefficient (Wildman–Crippen LogP) is 2.36. The van der Waals surface area contributed by atoms with E-state index in [1.807, 2.05) is 19.1 Å². The van der Waals surface area contributed by atoms with Gasteiger partial charge in [0.15, 0.2) is 0 Å². The fraction of sp³-hybridized carbons (Fsp3) is 0.625. The van der Waals surface area contributed by atoms with Gasteiger partial charge in [-0.25, -0.2) is 8.42 Å². The Morgan fingerprint density at radius 1 is 1.24 bits per heavy atom. The summed E-state index contributed by atoms with van der Waals surface area (Å²) < 4.78 is 27.2. The number of nitrogens with zero attached hydrogens (tertiary/aromatic N) is 1. The molecule has 0 amide bonds. The molecule has 1 aliphatic rings. The van der Waals surface area contributed by atoms with Crippen LogP contribution < -0.4 is 5.32 Å². The summed E-state index contributed by atoms with van der Waals surface area (Å²) in [5.74, 6) is 0. The minimum atomic E-state index is -3.40. The van der Waals surface area contributed by atoms with Crippen LogP contribution in [-0.2, 0) is 15.4 Å². The maximum atomic E-state index is 12.8. The standard InChI is InChI=1S/C16H26N2O2S/c1-5-18(14-10-11-17-12-14)21(19,20)15-8-6-13(7-9-15)16(2,3)4/h6-9,14,17H,5,10-12H2,1-4H3. The maximum Gasteiger partial charge on any atom is 0.243 e. The largest absolute Gasteiger partial charge is 0.315 e. The summed E-state index contributed by atoms with van der Waals surface area (Å²) in [6.45, 7) is 10.4. The van der Waals surface area contributed by atoms with Crippen LogP contribution in [0.25, 0.3) is 0 Å². The minimum Gasteiger partial charge on any atom is -0.315 e. The zero-order valence-corrected chi connectivity index (χ0v) is 14.2. The van der Waals surface area contributed by atoms with E-state index in [0.29, 0.717) is 11.4 Å². The van der Waals surface area contributed by atoms with Crippen LogP contribution in [0.4, 0.5) is 0 Å². The summed E-state index contributed by atoms with van der Waals surface area (Å²) in [6.07, 6.45) is 0.882. The molecule has 0 aliphatic carbocycles. The van der Waals surface area contributed by atoms with E-state index in [0.717, 1.165) is 25.1 Å². The number of sulfonamides is 1. The van der Waals surface area contributed by atoms with E-state index >= 15 is 0 Å². The maximum absolute atomic E-state index is 12.8. The number of hydrogen-bond donors (Lipinski definition) is 1. The second-order valence-electron chi connectivity index (χ2n) is 6.63. The molecule has 2 rings (SSSR count). The Morgan fingerprint density at radius 3 is 2.29 bits per heavy atom. The molecule has 5 heteroatoms. The van der Waals surface area contributed by atoms with Crippen molar-refractivity contribution in [2.45, 2.75) is 50.5 Å². The first-order chi connectivity index (χ1) is 9.76. The Labute approximate surface area is 128 Å². The molecular weight excluding hydrogens is 284 g/mol. The lowest BCUT2D eigenvalue weighted by Gasteiger charge is -2.26. The molecule has 1 aromatic rings. The van der Waals surface area contributed by atoms with Crippen molar-refractivity contribution < 1.29 is 8.42 Å². The van der Waals surface area contributed by atoms with Gasteiger partial charge in [0.2, 0.25) is 10.0 Å². The second kappa shape index (κ2) is 6.07. The molecule has 1 fully saturated rings. The highest BCUT2D eigenvalue weighted by Gasteiger charge is 2.32. The number of nitrogens with one attached hydrogen (secondary N) is 1. The summed E-state index contributed by atoms with van der Waals surface area (Å²) in [6, 6.07) is 7.39. The van der Waals surface area contributed by atoms with Crippen LogP contribution in [0.2, 0.25) is 0 Å². The van der Waals surface area contributed by atoms with Crippen molar-refractivity contribution in [3.05, 3.63) is 29.8 Å². The molecule has 0 aromatic heterocycles. The monoisotopic (exact) mass is 310 g/mol. The van der Waals surface area contributed by atoms with Gasteiger partial charge in [-0.2, -0.15) is 4.31 Å². The first-order valence-corrected chi connectivity index (χ1v) is 9.04. The summed E-state index contributed by atoms with van der Waals surface area (Å²) in [4.78, 5) is 0.393. The topological polar surface area (TPSA) is 49.4 Å². The van der Waals surface area contributed by atoms with Crippen molar-refractivity contribution in [2.24, 2.45) is 0 Å². The Hall–Kier alpha value is -0.910. The van der Waals surface area contributed by atoms with E-state index in [1.165, 1.54) is 0 Å². The van der Waals surface area contributed by atoms with Gasteiger partial charge in [-0.05, 0) is 36.1 Å². The molecule has 4 nitrogen and oxygen atoms in total. The second-order valence-corrected chi connectivity index (χ2v) is 8.52. The summed E-state index contributed by atoms with van der Waals surface area (Å²) in [5, 5.41) is 3.23. The Balaban J connectivity index is 2.29. The van der Waals surface area contributed by atoms with Crippen LogP contribution >= 0.6 is 0 Å². The van der Waals surface area contributed by atoms with E-state index in [4.69, 9.17) is 0 Å². The molecule has 0 radical (unpaired) electrons. The lowest BCUT2D eigenvalue weighted by Crippen LogP contribution is -2.41. The van der Waals surface area contributed by atoms with Crippen LogP contribution in [0.5, 0.6) is 0 Å². The molecule has 1 N–H and O–H groups in total. The zero-order chi connectivity index (χ0) is 15.7. The van der Waals surface area contributed by atoms with Crippen LogP contribution in [0.1, 0.15) is 39.7 Å². The third-order valence-electron chi connectivity index (χ3n) is 4.08. The van der Waals surface area contributed by atoms with Crippen molar-refractivity contribution in [3.63, 3.8) is 0 Å². The van der Waals surface area contributed by atoms with Gasteiger partial charge < -0.3 is 5.32 Å².